The average Bonchev–Trinajstić information content (AvgIpc) is 3.27. The SMILES string of the molecule is Cc1ccc(NC(=O)c2cccc(C(F)(F)F)c2)cc1Nc1nc(C2CCN(C)CC2)nc2c1cnn2C. The number of benzene rings is 2. The molecular formula is C27H28F3N7O. The summed E-state index contributed by atoms with van der Waals surface area (Å²) in [6, 6.07) is 9.61. The second kappa shape index (κ2) is 10.1. The van der Waals surface area contributed by atoms with Crippen LogP contribution >= 0.6 is 0 Å². The molecule has 0 radical (unpaired) electrons. The van der Waals surface area contributed by atoms with Crippen molar-refractivity contribution in [3.63, 3.8) is 0 Å². The van der Waals surface area contributed by atoms with Crippen molar-refractivity contribution in [1.82, 2.24) is 24.6 Å². The maximum atomic E-state index is 13.1. The van der Waals surface area contributed by atoms with Gasteiger partial charge in [0.1, 0.15) is 11.6 Å². The van der Waals surface area contributed by atoms with Crippen LogP contribution in [0.2, 0.25) is 0 Å². The van der Waals surface area contributed by atoms with Gasteiger partial charge in [0.05, 0.1) is 17.1 Å². The summed E-state index contributed by atoms with van der Waals surface area (Å²) in [6.07, 6.45) is -0.881. The molecule has 2 aromatic carbocycles. The molecule has 2 N–H and O–H groups in total. The first-order valence-corrected chi connectivity index (χ1v) is 12.3. The molecule has 198 valence electrons. The van der Waals surface area contributed by atoms with Gasteiger partial charge in [0.2, 0.25) is 0 Å². The summed E-state index contributed by atoms with van der Waals surface area (Å²) in [5.41, 5.74) is 1.81. The van der Waals surface area contributed by atoms with Crippen molar-refractivity contribution < 1.29 is 18.0 Å². The molecule has 4 aromatic rings. The van der Waals surface area contributed by atoms with Crippen LogP contribution in [0.4, 0.5) is 30.4 Å². The molecule has 1 amide bonds. The fourth-order valence-electron chi connectivity index (χ4n) is 4.59. The molecular weight excluding hydrogens is 495 g/mol. The molecule has 1 saturated heterocycles. The zero-order valence-corrected chi connectivity index (χ0v) is 21.3. The van der Waals surface area contributed by atoms with Gasteiger partial charge in [0, 0.05) is 29.9 Å². The first-order chi connectivity index (χ1) is 18.1. The Hall–Kier alpha value is -3.99. The Kier molecular flexibility index (Phi) is 6.78. The number of hydrogen-bond acceptors (Lipinski definition) is 6. The van der Waals surface area contributed by atoms with E-state index in [0.717, 1.165) is 60.5 Å². The molecule has 5 rings (SSSR count). The molecule has 1 fully saturated rings. The lowest BCUT2D eigenvalue weighted by Crippen LogP contribution is -2.30. The number of fused-ring (bicyclic) bond motifs is 1. The summed E-state index contributed by atoms with van der Waals surface area (Å²) < 4.78 is 41.0. The third-order valence-corrected chi connectivity index (χ3v) is 6.89. The van der Waals surface area contributed by atoms with E-state index in [1.807, 2.05) is 20.0 Å². The summed E-state index contributed by atoms with van der Waals surface area (Å²) in [5, 5.41) is 11.2. The Balaban J connectivity index is 1.42. The number of aryl methyl sites for hydroxylation is 2. The third-order valence-electron chi connectivity index (χ3n) is 6.89. The first-order valence-electron chi connectivity index (χ1n) is 12.3. The maximum Gasteiger partial charge on any atom is 0.416 e. The van der Waals surface area contributed by atoms with Crippen LogP contribution in [0, 0.1) is 6.92 Å². The van der Waals surface area contributed by atoms with Crippen LogP contribution in [0.3, 0.4) is 0 Å². The van der Waals surface area contributed by atoms with Crippen molar-refractivity contribution in [3.05, 3.63) is 71.2 Å². The lowest BCUT2D eigenvalue weighted by atomic mass is 9.96. The highest BCUT2D eigenvalue weighted by Gasteiger charge is 2.31. The third kappa shape index (κ3) is 5.33. The number of aromatic nitrogens is 4. The molecule has 0 spiro atoms. The van der Waals surface area contributed by atoms with Gasteiger partial charge in [-0.1, -0.05) is 12.1 Å². The lowest BCUT2D eigenvalue weighted by Gasteiger charge is -2.28. The van der Waals surface area contributed by atoms with Gasteiger partial charge in [-0.05, 0) is 75.8 Å². The van der Waals surface area contributed by atoms with Gasteiger partial charge in [-0.25, -0.2) is 9.97 Å². The average molecular weight is 524 g/mol. The molecule has 0 atom stereocenters. The number of piperidine rings is 1. The van der Waals surface area contributed by atoms with Crippen molar-refractivity contribution in [2.24, 2.45) is 7.05 Å². The van der Waals surface area contributed by atoms with Crippen LogP contribution in [-0.2, 0) is 13.2 Å². The van der Waals surface area contributed by atoms with Gasteiger partial charge < -0.3 is 15.5 Å². The Morgan fingerprint density at radius 1 is 1.05 bits per heavy atom. The van der Waals surface area contributed by atoms with Gasteiger partial charge in [-0.3, -0.25) is 9.48 Å². The van der Waals surface area contributed by atoms with E-state index in [1.165, 1.54) is 12.1 Å². The monoisotopic (exact) mass is 523 g/mol. The van der Waals surface area contributed by atoms with Crippen LogP contribution in [-0.4, -0.2) is 50.7 Å². The molecule has 1 aliphatic rings. The first kappa shape index (κ1) is 25.7. The van der Waals surface area contributed by atoms with Crippen molar-refractivity contribution in [1.29, 1.82) is 0 Å². The van der Waals surface area contributed by atoms with E-state index in [-0.39, 0.29) is 11.5 Å². The number of anilines is 3. The molecule has 0 saturated carbocycles. The Bertz CT molecular complexity index is 1490. The minimum absolute atomic E-state index is 0.0782. The standard InChI is InChI=1S/C27H28F3N7O/c1-16-7-8-20(32-26(38)18-5-4-6-19(13-18)27(28,29)30)14-22(16)33-24-21-15-31-37(3)25(21)35-23(34-24)17-9-11-36(2)12-10-17/h4-8,13-15,17H,9-12H2,1-3H3,(H,32,38)(H,33,34,35). The zero-order chi connectivity index (χ0) is 27.0. The van der Waals surface area contributed by atoms with E-state index >= 15 is 0 Å². The van der Waals surface area contributed by atoms with E-state index < -0.39 is 17.6 Å². The molecule has 38 heavy (non-hydrogen) atoms. The predicted molar refractivity (Wildman–Crippen MR) is 140 cm³/mol. The molecule has 1 aliphatic heterocycles. The predicted octanol–water partition coefficient (Wildman–Crippen LogP) is 5.50. The van der Waals surface area contributed by atoms with Crippen molar-refractivity contribution in [2.75, 3.05) is 30.8 Å². The Morgan fingerprint density at radius 3 is 2.55 bits per heavy atom. The van der Waals surface area contributed by atoms with Crippen LogP contribution in [0.15, 0.2) is 48.7 Å². The van der Waals surface area contributed by atoms with E-state index in [0.29, 0.717) is 17.2 Å². The van der Waals surface area contributed by atoms with Crippen LogP contribution in [0.5, 0.6) is 0 Å². The minimum atomic E-state index is -4.53. The fraction of sp³-hybridized carbons (Fsp3) is 0.333. The fourth-order valence-corrected chi connectivity index (χ4v) is 4.59. The molecule has 0 unspecified atom stereocenters. The molecule has 2 aromatic heterocycles. The van der Waals surface area contributed by atoms with Crippen molar-refractivity contribution in [3.8, 4) is 0 Å². The van der Waals surface area contributed by atoms with Gasteiger partial charge >= 0.3 is 6.18 Å². The number of likely N-dealkylation sites (tertiary alicyclic amines) is 1. The molecule has 0 aliphatic carbocycles. The second-order valence-corrected chi connectivity index (χ2v) is 9.70. The Morgan fingerprint density at radius 2 is 1.82 bits per heavy atom. The Labute approximate surface area is 217 Å². The summed E-state index contributed by atoms with van der Waals surface area (Å²) in [7, 11) is 3.95. The topological polar surface area (TPSA) is 88.0 Å². The maximum absolute atomic E-state index is 13.1. The number of nitrogens with one attached hydrogen (secondary N) is 2. The van der Waals surface area contributed by atoms with Crippen LogP contribution < -0.4 is 10.6 Å². The zero-order valence-electron chi connectivity index (χ0n) is 21.3. The number of halogens is 3. The number of rotatable bonds is 5. The van der Waals surface area contributed by atoms with Gasteiger partial charge in [0.15, 0.2) is 5.65 Å². The second-order valence-electron chi connectivity index (χ2n) is 9.70. The highest BCUT2D eigenvalue weighted by Crippen LogP contribution is 2.32. The van der Waals surface area contributed by atoms with E-state index in [1.54, 1.807) is 23.0 Å². The number of nitrogens with zero attached hydrogens (tertiary/aromatic N) is 5. The highest BCUT2D eigenvalue weighted by molar-refractivity contribution is 6.04. The van der Waals surface area contributed by atoms with E-state index in [4.69, 9.17) is 9.97 Å². The smallest absolute Gasteiger partial charge is 0.339 e. The van der Waals surface area contributed by atoms with Crippen molar-refractivity contribution >= 4 is 34.1 Å². The highest BCUT2D eigenvalue weighted by atomic mass is 19.4. The number of amides is 1. The van der Waals surface area contributed by atoms with Gasteiger partial charge in [-0.2, -0.15) is 18.3 Å². The minimum Gasteiger partial charge on any atom is -0.339 e. The van der Waals surface area contributed by atoms with Crippen LogP contribution in [0.25, 0.3) is 11.0 Å². The van der Waals surface area contributed by atoms with Gasteiger partial charge in [-0.15, -0.1) is 0 Å². The largest absolute Gasteiger partial charge is 0.416 e. The molecule has 8 nitrogen and oxygen atoms in total. The number of carbonyl (C=O) groups excluding carboxylic acids is 1. The summed E-state index contributed by atoms with van der Waals surface area (Å²) in [6.45, 7) is 3.88. The van der Waals surface area contributed by atoms with Gasteiger partial charge in [0.25, 0.3) is 5.91 Å². The normalized spacial score (nSPS) is 15.1. The van der Waals surface area contributed by atoms with Crippen molar-refractivity contribution in [2.45, 2.75) is 31.9 Å². The quantitative estimate of drug-likeness (QED) is 0.360. The van der Waals surface area contributed by atoms with E-state index in [2.05, 4.69) is 27.7 Å². The summed E-state index contributed by atoms with van der Waals surface area (Å²) in [4.78, 5) is 24.7. The molecule has 11 heteroatoms. The summed E-state index contributed by atoms with van der Waals surface area (Å²) in [5.74, 6) is 0.988. The van der Waals surface area contributed by atoms with E-state index in [9.17, 15) is 18.0 Å². The summed E-state index contributed by atoms with van der Waals surface area (Å²) >= 11 is 0. The number of alkyl halides is 3. The molecule has 3 heterocycles. The number of carbonyl (C=O) groups is 1. The number of hydrogen-bond donors (Lipinski definition) is 2. The lowest BCUT2D eigenvalue weighted by molar-refractivity contribution is -0.137. The van der Waals surface area contributed by atoms with Crippen LogP contribution in [0.1, 0.15) is 46.1 Å². The molecule has 0 bridgehead atoms.